The van der Waals surface area contributed by atoms with E-state index in [-0.39, 0.29) is 12.0 Å². The van der Waals surface area contributed by atoms with Gasteiger partial charge in [0.1, 0.15) is 0 Å². The first-order chi connectivity index (χ1) is 11.6. The molecule has 0 aromatic heterocycles. The molecule has 0 saturated carbocycles. The van der Waals surface area contributed by atoms with E-state index in [1.54, 1.807) is 0 Å². The first-order valence-corrected chi connectivity index (χ1v) is 9.94. The fourth-order valence-electron chi connectivity index (χ4n) is 3.35. The SMILES string of the molecule is CCNC(=NCC(CC)(CC)CCO)NCCN1CCC(C)CC1. The summed E-state index contributed by atoms with van der Waals surface area (Å²) in [6.07, 6.45) is 5.59. The van der Waals surface area contributed by atoms with Gasteiger partial charge in [-0.1, -0.05) is 20.8 Å². The van der Waals surface area contributed by atoms with Gasteiger partial charge in [-0.3, -0.25) is 4.99 Å². The van der Waals surface area contributed by atoms with E-state index >= 15 is 0 Å². The molecule has 142 valence electrons. The van der Waals surface area contributed by atoms with Crippen molar-refractivity contribution in [1.29, 1.82) is 0 Å². The van der Waals surface area contributed by atoms with Crippen molar-refractivity contribution in [2.45, 2.75) is 59.8 Å². The standard InChI is InChI=1S/C19H40N4O/c1-5-19(6-2,10-15-24)16-22-18(20-7-3)21-11-14-23-12-8-17(4)9-13-23/h17,24H,5-16H2,1-4H3,(H2,20,21,22). The quantitative estimate of drug-likeness (QED) is 0.422. The minimum Gasteiger partial charge on any atom is -0.396 e. The van der Waals surface area contributed by atoms with Gasteiger partial charge in [-0.2, -0.15) is 0 Å². The average molecular weight is 341 g/mol. The maximum Gasteiger partial charge on any atom is 0.191 e. The van der Waals surface area contributed by atoms with Crippen LogP contribution in [0.1, 0.15) is 59.8 Å². The number of nitrogens with zero attached hydrogens (tertiary/aromatic N) is 2. The van der Waals surface area contributed by atoms with Gasteiger partial charge in [0, 0.05) is 32.8 Å². The lowest BCUT2D eigenvalue weighted by atomic mass is 9.79. The van der Waals surface area contributed by atoms with E-state index in [9.17, 15) is 5.11 Å². The lowest BCUT2D eigenvalue weighted by Gasteiger charge is -2.31. The second-order valence-electron chi connectivity index (χ2n) is 7.33. The van der Waals surface area contributed by atoms with Crippen molar-refractivity contribution in [3.8, 4) is 0 Å². The highest BCUT2D eigenvalue weighted by atomic mass is 16.3. The number of aliphatic hydroxyl groups excluding tert-OH is 1. The molecule has 5 heteroatoms. The molecule has 0 aromatic rings. The average Bonchev–Trinajstić information content (AvgIpc) is 2.60. The number of aliphatic hydroxyl groups is 1. The molecule has 0 aliphatic carbocycles. The van der Waals surface area contributed by atoms with E-state index < -0.39 is 0 Å². The van der Waals surface area contributed by atoms with E-state index in [0.717, 1.165) is 57.3 Å². The van der Waals surface area contributed by atoms with Gasteiger partial charge >= 0.3 is 0 Å². The highest BCUT2D eigenvalue weighted by Crippen LogP contribution is 2.30. The zero-order valence-electron chi connectivity index (χ0n) is 16.4. The molecular weight excluding hydrogens is 300 g/mol. The summed E-state index contributed by atoms with van der Waals surface area (Å²) in [5.74, 6) is 1.79. The van der Waals surface area contributed by atoms with Crippen molar-refractivity contribution in [3.05, 3.63) is 0 Å². The fraction of sp³-hybridized carbons (Fsp3) is 0.947. The van der Waals surface area contributed by atoms with E-state index in [1.807, 2.05) is 0 Å². The van der Waals surface area contributed by atoms with Crippen LogP contribution in [-0.2, 0) is 0 Å². The molecule has 1 rings (SSSR count). The Morgan fingerprint density at radius 2 is 1.83 bits per heavy atom. The van der Waals surface area contributed by atoms with Crippen LogP contribution in [-0.4, -0.2) is 61.8 Å². The second kappa shape index (κ2) is 11.7. The molecule has 0 spiro atoms. The minimum atomic E-state index is 0.125. The number of nitrogens with one attached hydrogen (secondary N) is 2. The smallest absolute Gasteiger partial charge is 0.191 e. The van der Waals surface area contributed by atoms with Crippen molar-refractivity contribution in [1.82, 2.24) is 15.5 Å². The maximum absolute atomic E-state index is 9.35. The van der Waals surface area contributed by atoms with Gasteiger partial charge in [-0.05, 0) is 63.5 Å². The monoisotopic (exact) mass is 340 g/mol. The number of hydrogen-bond acceptors (Lipinski definition) is 3. The first-order valence-electron chi connectivity index (χ1n) is 9.94. The van der Waals surface area contributed by atoms with Crippen LogP contribution in [0.5, 0.6) is 0 Å². The van der Waals surface area contributed by atoms with Crippen LogP contribution in [0.4, 0.5) is 0 Å². The maximum atomic E-state index is 9.35. The Morgan fingerprint density at radius 1 is 1.17 bits per heavy atom. The molecule has 1 aliphatic rings. The molecule has 0 aromatic carbocycles. The van der Waals surface area contributed by atoms with Gasteiger partial charge < -0.3 is 20.6 Å². The molecule has 0 radical (unpaired) electrons. The zero-order chi connectivity index (χ0) is 17.8. The Bertz CT molecular complexity index is 347. The Kier molecular flexibility index (Phi) is 10.3. The zero-order valence-corrected chi connectivity index (χ0v) is 16.4. The minimum absolute atomic E-state index is 0.125. The Balaban J connectivity index is 2.46. The van der Waals surface area contributed by atoms with Gasteiger partial charge in [0.15, 0.2) is 5.96 Å². The summed E-state index contributed by atoms with van der Waals surface area (Å²) < 4.78 is 0. The van der Waals surface area contributed by atoms with E-state index in [1.165, 1.54) is 25.9 Å². The normalized spacial score (nSPS) is 18.0. The van der Waals surface area contributed by atoms with Crippen LogP contribution in [0.25, 0.3) is 0 Å². The lowest BCUT2D eigenvalue weighted by Crippen LogP contribution is -2.43. The molecule has 24 heavy (non-hydrogen) atoms. The third-order valence-corrected chi connectivity index (χ3v) is 5.66. The third kappa shape index (κ3) is 7.39. The van der Waals surface area contributed by atoms with E-state index in [4.69, 9.17) is 4.99 Å². The third-order valence-electron chi connectivity index (χ3n) is 5.66. The number of likely N-dealkylation sites (tertiary alicyclic amines) is 1. The molecule has 1 saturated heterocycles. The summed E-state index contributed by atoms with van der Waals surface area (Å²) >= 11 is 0. The summed E-state index contributed by atoms with van der Waals surface area (Å²) in [5, 5.41) is 16.2. The molecule has 0 atom stereocenters. The van der Waals surface area contributed by atoms with Gasteiger partial charge in [-0.15, -0.1) is 0 Å². The summed E-state index contributed by atoms with van der Waals surface area (Å²) in [6, 6.07) is 0. The molecule has 0 amide bonds. The van der Waals surface area contributed by atoms with Gasteiger partial charge in [0.25, 0.3) is 0 Å². The Hall–Kier alpha value is -0.810. The van der Waals surface area contributed by atoms with Crippen molar-refractivity contribution in [3.63, 3.8) is 0 Å². The molecule has 1 fully saturated rings. The van der Waals surface area contributed by atoms with Crippen molar-refractivity contribution < 1.29 is 5.11 Å². The van der Waals surface area contributed by atoms with Crippen molar-refractivity contribution in [2.75, 3.05) is 45.9 Å². The summed E-state index contributed by atoms with van der Waals surface area (Å²) in [7, 11) is 0. The molecule has 3 N–H and O–H groups in total. The molecule has 0 bridgehead atoms. The summed E-state index contributed by atoms with van der Waals surface area (Å²) in [4.78, 5) is 7.35. The van der Waals surface area contributed by atoms with Crippen molar-refractivity contribution in [2.24, 2.45) is 16.3 Å². The van der Waals surface area contributed by atoms with E-state index in [0.29, 0.717) is 0 Å². The molecule has 1 heterocycles. The Morgan fingerprint density at radius 3 is 2.38 bits per heavy atom. The molecule has 5 nitrogen and oxygen atoms in total. The van der Waals surface area contributed by atoms with Gasteiger partial charge in [0.2, 0.25) is 0 Å². The van der Waals surface area contributed by atoms with Crippen molar-refractivity contribution >= 4 is 5.96 Å². The second-order valence-corrected chi connectivity index (χ2v) is 7.33. The van der Waals surface area contributed by atoms with E-state index in [2.05, 4.69) is 43.2 Å². The van der Waals surface area contributed by atoms with Crippen LogP contribution in [0.2, 0.25) is 0 Å². The Labute approximate surface area is 149 Å². The molecule has 1 aliphatic heterocycles. The number of hydrogen-bond donors (Lipinski definition) is 3. The fourth-order valence-corrected chi connectivity index (χ4v) is 3.35. The van der Waals surface area contributed by atoms with Crippen LogP contribution < -0.4 is 10.6 Å². The number of piperidine rings is 1. The number of rotatable bonds is 10. The van der Waals surface area contributed by atoms with Crippen LogP contribution >= 0.6 is 0 Å². The lowest BCUT2D eigenvalue weighted by molar-refractivity contribution is 0.175. The predicted octanol–water partition coefficient (Wildman–Crippen LogP) is 2.46. The van der Waals surface area contributed by atoms with Crippen LogP contribution in [0.3, 0.4) is 0 Å². The number of aliphatic imine (C=N–C) groups is 1. The van der Waals surface area contributed by atoms with Gasteiger partial charge in [-0.25, -0.2) is 0 Å². The topological polar surface area (TPSA) is 59.9 Å². The highest BCUT2D eigenvalue weighted by Gasteiger charge is 2.25. The van der Waals surface area contributed by atoms with Crippen LogP contribution in [0, 0.1) is 11.3 Å². The molecule has 0 unspecified atom stereocenters. The predicted molar refractivity (Wildman–Crippen MR) is 104 cm³/mol. The summed E-state index contributed by atoms with van der Waals surface area (Å²) in [6.45, 7) is 15.2. The van der Waals surface area contributed by atoms with Gasteiger partial charge in [0.05, 0.1) is 0 Å². The largest absolute Gasteiger partial charge is 0.396 e. The van der Waals surface area contributed by atoms with Crippen LogP contribution in [0.15, 0.2) is 4.99 Å². The highest BCUT2D eigenvalue weighted by molar-refractivity contribution is 5.79. The number of guanidine groups is 1. The summed E-state index contributed by atoms with van der Waals surface area (Å²) in [5.41, 5.74) is 0.125. The molecular formula is C19H40N4O. The first kappa shape index (κ1) is 21.2.